The first-order valence-corrected chi connectivity index (χ1v) is 5.93. The first-order chi connectivity index (χ1) is 8.54. The van der Waals surface area contributed by atoms with Gasteiger partial charge in [-0.1, -0.05) is 6.07 Å². The minimum absolute atomic E-state index is 0.169. The minimum Gasteiger partial charge on any atom is -0.306 e. The van der Waals surface area contributed by atoms with E-state index < -0.39 is 0 Å². The second-order valence-corrected chi connectivity index (χ2v) is 4.65. The van der Waals surface area contributed by atoms with E-state index in [9.17, 15) is 9.59 Å². The van der Waals surface area contributed by atoms with Crippen molar-refractivity contribution < 1.29 is 4.79 Å². The molecule has 0 bridgehead atoms. The van der Waals surface area contributed by atoms with E-state index in [0.717, 1.165) is 29.6 Å². The Morgan fingerprint density at radius 1 is 1.28 bits per heavy atom. The Hall–Kier alpha value is -1.88. The van der Waals surface area contributed by atoms with E-state index in [0.29, 0.717) is 6.54 Å². The van der Waals surface area contributed by atoms with E-state index in [1.54, 1.807) is 6.92 Å². The third-order valence-electron chi connectivity index (χ3n) is 2.86. The highest BCUT2D eigenvalue weighted by molar-refractivity contribution is 5.77. The number of hydrogen-bond acceptors (Lipinski definition) is 3. The molecule has 96 valence electrons. The van der Waals surface area contributed by atoms with E-state index in [1.165, 1.54) is 0 Å². The van der Waals surface area contributed by atoms with Crippen LogP contribution in [0.4, 0.5) is 0 Å². The summed E-state index contributed by atoms with van der Waals surface area (Å²) >= 11 is 0. The Balaban J connectivity index is 2.03. The van der Waals surface area contributed by atoms with Crippen molar-refractivity contribution >= 4 is 16.8 Å². The van der Waals surface area contributed by atoms with Gasteiger partial charge in [0.25, 0.3) is 0 Å². The predicted octanol–water partition coefficient (Wildman–Crippen LogP) is 0.919. The van der Waals surface area contributed by atoms with Gasteiger partial charge in [-0.25, -0.2) is 4.79 Å². The fourth-order valence-electron chi connectivity index (χ4n) is 2.01. The van der Waals surface area contributed by atoms with Gasteiger partial charge in [-0.05, 0) is 38.1 Å². The van der Waals surface area contributed by atoms with Gasteiger partial charge in [-0.15, -0.1) is 0 Å². The van der Waals surface area contributed by atoms with Gasteiger partial charge in [0.05, 0.1) is 17.6 Å². The molecule has 2 rings (SSSR count). The molecule has 0 aliphatic heterocycles. The first kappa shape index (κ1) is 12.6. The van der Waals surface area contributed by atoms with E-state index in [-0.39, 0.29) is 11.5 Å². The number of benzene rings is 1. The first-order valence-electron chi connectivity index (χ1n) is 5.93. The zero-order chi connectivity index (χ0) is 13.1. The summed E-state index contributed by atoms with van der Waals surface area (Å²) in [7, 11) is 1.93. The van der Waals surface area contributed by atoms with Crippen molar-refractivity contribution in [1.82, 2.24) is 14.9 Å². The van der Waals surface area contributed by atoms with E-state index in [4.69, 9.17) is 0 Å². The molecule has 18 heavy (non-hydrogen) atoms. The molecule has 2 aromatic rings. The Morgan fingerprint density at radius 3 is 2.72 bits per heavy atom. The maximum Gasteiger partial charge on any atom is 0.323 e. The van der Waals surface area contributed by atoms with Gasteiger partial charge in [0.15, 0.2) is 0 Å². The number of aromatic amines is 2. The van der Waals surface area contributed by atoms with Crippen molar-refractivity contribution in [3.8, 4) is 0 Å². The van der Waals surface area contributed by atoms with Crippen LogP contribution >= 0.6 is 0 Å². The fraction of sp³-hybridized carbons (Fsp3) is 0.385. The molecule has 1 aromatic carbocycles. The third-order valence-corrected chi connectivity index (χ3v) is 2.86. The van der Waals surface area contributed by atoms with Crippen LogP contribution in [0.2, 0.25) is 0 Å². The van der Waals surface area contributed by atoms with Crippen LogP contribution in [-0.4, -0.2) is 40.8 Å². The smallest absolute Gasteiger partial charge is 0.306 e. The molecule has 1 aromatic heterocycles. The number of aromatic nitrogens is 2. The van der Waals surface area contributed by atoms with Gasteiger partial charge in [-0.2, -0.15) is 0 Å². The number of H-pyrrole nitrogens is 2. The molecular formula is C13H17N3O2. The number of carbonyl (C=O) groups is 1. The largest absolute Gasteiger partial charge is 0.323 e. The number of fused-ring (bicyclic) bond motifs is 1. The van der Waals surface area contributed by atoms with Crippen LogP contribution in [0.1, 0.15) is 12.5 Å². The summed E-state index contributed by atoms with van der Waals surface area (Å²) < 4.78 is 0. The van der Waals surface area contributed by atoms with Gasteiger partial charge in [0.2, 0.25) is 0 Å². The Morgan fingerprint density at radius 2 is 2.00 bits per heavy atom. The fourth-order valence-corrected chi connectivity index (χ4v) is 2.01. The molecule has 5 heteroatoms. The van der Waals surface area contributed by atoms with Gasteiger partial charge < -0.3 is 9.97 Å². The van der Waals surface area contributed by atoms with Gasteiger partial charge >= 0.3 is 5.69 Å². The number of carbonyl (C=O) groups excluding carboxylic acids is 1. The molecule has 0 unspecified atom stereocenters. The topological polar surface area (TPSA) is 69.0 Å². The average molecular weight is 247 g/mol. The van der Waals surface area contributed by atoms with Crippen molar-refractivity contribution in [3.05, 3.63) is 34.2 Å². The number of likely N-dealkylation sites (N-methyl/N-ethyl adjacent to an activating group) is 1. The molecule has 0 aliphatic rings. The van der Waals surface area contributed by atoms with Crippen molar-refractivity contribution in [1.29, 1.82) is 0 Å². The maximum atomic E-state index is 11.1. The summed E-state index contributed by atoms with van der Waals surface area (Å²) in [6, 6.07) is 5.86. The number of nitrogens with one attached hydrogen (secondary N) is 2. The van der Waals surface area contributed by atoms with Crippen molar-refractivity contribution in [3.63, 3.8) is 0 Å². The predicted molar refractivity (Wildman–Crippen MR) is 70.8 cm³/mol. The normalized spacial score (nSPS) is 11.3. The zero-order valence-electron chi connectivity index (χ0n) is 10.6. The Bertz CT molecular complexity index is 612. The standard InChI is InChI=1S/C13H17N3O2/c1-9(17)8-16(2)6-5-10-3-4-11-12(7-10)15-13(18)14-11/h3-4,7H,5-6,8H2,1-2H3,(H2,14,15,18). The van der Waals surface area contributed by atoms with Crippen molar-refractivity contribution in [2.75, 3.05) is 20.1 Å². The molecule has 0 radical (unpaired) electrons. The summed E-state index contributed by atoms with van der Waals surface area (Å²) in [4.78, 5) is 29.5. The van der Waals surface area contributed by atoms with Crippen LogP contribution in [0, 0.1) is 0 Å². The maximum absolute atomic E-state index is 11.1. The van der Waals surface area contributed by atoms with Crippen LogP contribution < -0.4 is 5.69 Å². The number of ketones is 1. The molecule has 0 fully saturated rings. The molecule has 0 amide bonds. The lowest BCUT2D eigenvalue weighted by Gasteiger charge is -2.14. The summed E-state index contributed by atoms with van der Waals surface area (Å²) in [5.41, 5.74) is 2.61. The number of Topliss-reactive ketones (excluding diaryl/α,β-unsaturated/α-hetero) is 1. The lowest BCUT2D eigenvalue weighted by Crippen LogP contribution is -2.26. The molecule has 2 N–H and O–H groups in total. The second-order valence-electron chi connectivity index (χ2n) is 4.65. The second kappa shape index (κ2) is 5.18. The average Bonchev–Trinajstić information content (AvgIpc) is 2.64. The molecule has 5 nitrogen and oxygen atoms in total. The molecule has 0 saturated heterocycles. The summed E-state index contributed by atoms with van der Waals surface area (Å²) in [5.74, 6) is 0.169. The van der Waals surface area contributed by atoms with Crippen molar-refractivity contribution in [2.24, 2.45) is 0 Å². The SMILES string of the molecule is CC(=O)CN(C)CCc1ccc2[nH]c(=O)[nH]c2c1. The highest BCUT2D eigenvalue weighted by Gasteiger charge is 2.04. The van der Waals surface area contributed by atoms with Gasteiger partial charge in [0, 0.05) is 6.54 Å². The quantitative estimate of drug-likeness (QED) is 0.825. The molecule has 0 aliphatic carbocycles. The number of imidazole rings is 1. The Labute approximate surface area is 105 Å². The molecule has 0 spiro atoms. The highest BCUT2D eigenvalue weighted by atomic mass is 16.1. The molecule has 0 saturated carbocycles. The molecule has 1 heterocycles. The van der Waals surface area contributed by atoms with E-state index in [1.807, 2.05) is 30.1 Å². The molecular weight excluding hydrogens is 230 g/mol. The van der Waals surface area contributed by atoms with Crippen LogP contribution in [0.3, 0.4) is 0 Å². The van der Waals surface area contributed by atoms with E-state index >= 15 is 0 Å². The van der Waals surface area contributed by atoms with Crippen LogP contribution in [-0.2, 0) is 11.2 Å². The lowest BCUT2D eigenvalue weighted by atomic mass is 10.1. The zero-order valence-corrected chi connectivity index (χ0v) is 10.6. The number of hydrogen-bond donors (Lipinski definition) is 2. The third kappa shape index (κ3) is 3.07. The minimum atomic E-state index is -0.184. The monoisotopic (exact) mass is 247 g/mol. The van der Waals surface area contributed by atoms with Crippen LogP contribution in [0.15, 0.2) is 23.0 Å². The van der Waals surface area contributed by atoms with Crippen LogP contribution in [0.5, 0.6) is 0 Å². The highest BCUT2D eigenvalue weighted by Crippen LogP contribution is 2.10. The Kier molecular flexibility index (Phi) is 3.62. The lowest BCUT2D eigenvalue weighted by molar-refractivity contribution is -0.117. The van der Waals surface area contributed by atoms with Gasteiger partial charge in [-0.3, -0.25) is 9.69 Å². The van der Waals surface area contributed by atoms with Crippen molar-refractivity contribution in [2.45, 2.75) is 13.3 Å². The molecule has 0 atom stereocenters. The summed E-state index contributed by atoms with van der Waals surface area (Å²) in [6.45, 7) is 2.88. The number of nitrogens with zero attached hydrogens (tertiary/aromatic N) is 1. The number of rotatable bonds is 5. The van der Waals surface area contributed by atoms with Crippen LogP contribution in [0.25, 0.3) is 11.0 Å². The summed E-state index contributed by atoms with van der Waals surface area (Å²) in [6.07, 6.45) is 0.854. The van der Waals surface area contributed by atoms with E-state index in [2.05, 4.69) is 9.97 Å². The summed E-state index contributed by atoms with van der Waals surface area (Å²) in [5, 5.41) is 0. The van der Waals surface area contributed by atoms with Gasteiger partial charge in [0.1, 0.15) is 5.78 Å².